The summed E-state index contributed by atoms with van der Waals surface area (Å²) < 4.78 is 13.0. The Balaban J connectivity index is 1.63. The molecule has 0 spiro atoms. The van der Waals surface area contributed by atoms with Gasteiger partial charge in [0.2, 0.25) is 0 Å². The molecule has 0 bridgehead atoms. The molecule has 9 heteroatoms. The van der Waals surface area contributed by atoms with E-state index < -0.39 is 5.97 Å². The maximum atomic E-state index is 13.7. The van der Waals surface area contributed by atoms with Gasteiger partial charge in [-0.05, 0) is 81.4 Å². The largest absolute Gasteiger partial charge is 0.490 e. The van der Waals surface area contributed by atoms with Crippen LogP contribution >= 0.6 is 0 Å². The first kappa shape index (κ1) is 24.3. The van der Waals surface area contributed by atoms with Crippen LogP contribution in [0.5, 0.6) is 5.75 Å². The Morgan fingerprint density at radius 2 is 1.86 bits per heavy atom. The number of nitrogen functional groups attached to an aromatic ring is 1. The minimum Gasteiger partial charge on any atom is -0.490 e. The van der Waals surface area contributed by atoms with Gasteiger partial charge in [-0.2, -0.15) is 0 Å². The van der Waals surface area contributed by atoms with Crippen LogP contribution < -0.4 is 20.7 Å². The molecule has 2 heterocycles. The van der Waals surface area contributed by atoms with Gasteiger partial charge in [-0.3, -0.25) is 19.9 Å². The first-order chi connectivity index (χ1) is 16.9. The normalized spacial score (nSPS) is 14.0. The standard InChI is InChI=1S/C26H31N5O4/c1-3-34-24(32)16-31(19-5-7-20(8-6-19)35-21-10-12-29-13-11-21)26(33)23-15-18-14-17(25(27)28)4-9-22(18)30(23)2/h4-9,14-15,21,29H,3,10-13,16H2,1-2H3,(H3,27,28). The third kappa shape index (κ3) is 5.46. The highest BCUT2D eigenvalue weighted by Crippen LogP contribution is 2.26. The number of esters is 1. The van der Waals surface area contributed by atoms with Crippen LogP contribution in [0.3, 0.4) is 0 Å². The molecule has 184 valence electrons. The van der Waals surface area contributed by atoms with Gasteiger partial charge >= 0.3 is 5.97 Å². The number of carbonyl (C=O) groups excluding carboxylic acids is 2. The number of carbonyl (C=O) groups is 2. The molecule has 1 aromatic heterocycles. The van der Waals surface area contributed by atoms with Gasteiger partial charge in [0.25, 0.3) is 5.91 Å². The third-order valence-electron chi connectivity index (χ3n) is 6.15. The van der Waals surface area contributed by atoms with Crippen molar-refractivity contribution in [3.05, 3.63) is 59.8 Å². The molecule has 1 saturated heterocycles. The van der Waals surface area contributed by atoms with Crippen molar-refractivity contribution < 1.29 is 19.1 Å². The summed E-state index contributed by atoms with van der Waals surface area (Å²) in [4.78, 5) is 27.5. The molecular formula is C26H31N5O4. The van der Waals surface area contributed by atoms with Crippen molar-refractivity contribution >= 4 is 34.3 Å². The minimum atomic E-state index is -0.492. The predicted molar refractivity (Wildman–Crippen MR) is 135 cm³/mol. The Morgan fingerprint density at radius 1 is 1.14 bits per heavy atom. The fourth-order valence-electron chi connectivity index (χ4n) is 4.29. The fourth-order valence-corrected chi connectivity index (χ4v) is 4.29. The number of rotatable bonds is 8. The number of amides is 1. The van der Waals surface area contributed by atoms with Gasteiger partial charge < -0.3 is 25.1 Å². The number of hydrogen-bond acceptors (Lipinski definition) is 6. The van der Waals surface area contributed by atoms with Crippen molar-refractivity contribution in [3.8, 4) is 5.75 Å². The van der Waals surface area contributed by atoms with Gasteiger partial charge in [0.1, 0.15) is 29.9 Å². The summed E-state index contributed by atoms with van der Waals surface area (Å²) in [6, 6.07) is 14.3. The first-order valence-electron chi connectivity index (χ1n) is 11.8. The van der Waals surface area contributed by atoms with E-state index in [9.17, 15) is 9.59 Å². The van der Waals surface area contributed by atoms with E-state index in [1.54, 1.807) is 48.9 Å². The van der Waals surface area contributed by atoms with Crippen molar-refractivity contribution in [2.75, 3.05) is 31.1 Å². The van der Waals surface area contributed by atoms with Crippen molar-refractivity contribution in [1.82, 2.24) is 9.88 Å². The molecule has 3 aromatic rings. The van der Waals surface area contributed by atoms with Gasteiger partial charge in [-0.15, -0.1) is 0 Å². The van der Waals surface area contributed by atoms with Crippen LogP contribution in [0.25, 0.3) is 10.9 Å². The lowest BCUT2D eigenvalue weighted by Crippen LogP contribution is -2.37. The summed E-state index contributed by atoms with van der Waals surface area (Å²) in [5.41, 5.74) is 7.99. The van der Waals surface area contributed by atoms with Crippen LogP contribution in [0.1, 0.15) is 35.8 Å². The maximum absolute atomic E-state index is 13.7. The lowest BCUT2D eigenvalue weighted by atomic mass is 10.1. The van der Waals surface area contributed by atoms with Gasteiger partial charge in [0.05, 0.1) is 6.61 Å². The van der Waals surface area contributed by atoms with Gasteiger partial charge in [-0.25, -0.2) is 0 Å². The number of benzene rings is 2. The molecule has 1 aliphatic rings. The number of aryl methyl sites for hydroxylation is 1. The van der Waals surface area contributed by atoms with Crippen LogP contribution in [-0.2, 0) is 16.6 Å². The highest BCUT2D eigenvalue weighted by atomic mass is 16.5. The molecule has 0 radical (unpaired) electrons. The van der Waals surface area contributed by atoms with E-state index in [1.807, 2.05) is 18.2 Å². The average Bonchev–Trinajstić information content (AvgIpc) is 3.19. The zero-order valence-corrected chi connectivity index (χ0v) is 20.0. The molecule has 4 N–H and O–H groups in total. The molecule has 1 fully saturated rings. The van der Waals surface area contributed by atoms with Gasteiger partial charge in [0, 0.05) is 29.2 Å². The number of amidine groups is 1. The Hall–Kier alpha value is -3.85. The van der Waals surface area contributed by atoms with Crippen LogP contribution in [0.4, 0.5) is 5.69 Å². The Morgan fingerprint density at radius 3 is 2.51 bits per heavy atom. The Kier molecular flexibility index (Phi) is 7.36. The lowest BCUT2D eigenvalue weighted by molar-refractivity contribution is -0.141. The van der Waals surface area contributed by atoms with Crippen molar-refractivity contribution in [3.63, 3.8) is 0 Å². The van der Waals surface area contributed by atoms with Crippen LogP contribution in [-0.4, -0.2) is 54.6 Å². The predicted octanol–water partition coefficient (Wildman–Crippen LogP) is 2.80. The van der Waals surface area contributed by atoms with E-state index in [0.29, 0.717) is 16.9 Å². The molecule has 1 amide bonds. The summed E-state index contributed by atoms with van der Waals surface area (Å²) in [6.45, 7) is 3.60. The minimum absolute atomic E-state index is 0.0423. The molecule has 1 aliphatic heterocycles. The SMILES string of the molecule is CCOC(=O)CN(C(=O)c1cc2cc(C(=N)N)ccc2n1C)c1ccc(OC2CCNCC2)cc1. The number of anilines is 1. The molecule has 0 atom stereocenters. The summed E-state index contributed by atoms with van der Waals surface area (Å²) in [5, 5.41) is 11.8. The zero-order valence-electron chi connectivity index (χ0n) is 20.0. The summed E-state index contributed by atoms with van der Waals surface area (Å²) in [6.07, 6.45) is 2.05. The van der Waals surface area contributed by atoms with Crippen molar-refractivity contribution in [2.24, 2.45) is 12.8 Å². The summed E-state index contributed by atoms with van der Waals surface area (Å²) >= 11 is 0. The topological polar surface area (TPSA) is 123 Å². The summed E-state index contributed by atoms with van der Waals surface area (Å²) in [7, 11) is 1.79. The highest BCUT2D eigenvalue weighted by Gasteiger charge is 2.25. The number of nitrogens with zero attached hydrogens (tertiary/aromatic N) is 2. The van der Waals surface area contributed by atoms with Crippen LogP contribution in [0, 0.1) is 5.41 Å². The molecule has 0 saturated carbocycles. The smallest absolute Gasteiger partial charge is 0.326 e. The second-order valence-electron chi connectivity index (χ2n) is 8.53. The van der Waals surface area contributed by atoms with E-state index in [-0.39, 0.29) is 31.0 Å². The maximum Gasteiger partial charge on any atom is 0.326 e. The molecule has 4 rings (SSSR count). The van der Waals surface area contributed by atoms with Crippen molar-refractivity contribution in [2.45, 2.75) is 25.9 Å². The number of nitrogens with two attached hydrogens (primary N) is 1. The van der Waals surface area contributed by atoms with Crippen molar-refractivity contribution in [1.29, 1.82) is 5.41 Å². The molecule has 35 heavy (non-hydrogen) atoms. The molecule has 9 nitrogen and oxygen atoms in total. The van der Waals surface area contributed by atoms with Gasteiger partial charge in [0.15, 0.2) is 0 Å². The lowest BCUT2D eigenvalue weighted by Gasteiger charge is -2.25. The highest BCUT2D eigenvalue weighted by molar-refractivity contribution is 6.10. The third-order valence-corrected chi connectivity index (χ3v) is 6.15. The Bertz CT molecular complexity index is 1230. The van der Waals surface area contributed by atoms with E-state index in [1.165, 1.54) is 4.90 Å². The van der Waals surface area contributed by atoms with E-state index in [0.717, 1.165) is 42.6 Å². The number of fused-ring (bicyclic) bond motifs is 1. The molecular weight excluding hydrogens is 446 g/mol. The quantitative estimate of drug-likeness (QED) is 0.261. The number of aromatic nitrogens is 1. The molecule has 2 aromatic carbocycles. The molecule has 0 unspecified atom stereocenters. The van der Waals surface area contributed by atoms with E-state index in [2.05, 4.69) is 5.32 Å². The van der Waals surface area contributed by atoms with Crippen LogP contribution in [0.2, 0.25) is 0 Å². The monoisotopic (exact) mass is 477 g/mol. The Labute approximate surface area is 204 Å². The van der Waals surface area contributed by atoms with E-state index in [4.69, 9.17) is 20.6 Å². The second-order valence-corrected chi connectivity index (χ2v) is 8.53. The van der Waals surface area contributed by atoms with E-state index >= 15 is 0 Å². The van der Waals surface area contributed by atoms with Gasteiger partial charge in [-0.1, -0.05) is 0 Å². The number of nitrogens with one attached hydrogen (secondary N) is 2. The number of piperidine rings is 1. The fraction of sp³-hybridized carbons (Fsp3) is 0.346. The zero-order chi connectivity index (χ0) is 24.9. The first-order valence-corrected chi connectivity index (χ1v) is 11.8. The summed E-state index contributed by atoms with van der Waals surface area (Å²) in [5.74, 6) is -0.147. The second kappa shape index (κ2) is 10.6. The van der Waals surface area contributed by atoms with Crippen LogP contribution in [0.15, 0.2) is 48.5 Å². The number of hydrogen-bond donors (Lipinski definition) is 3. The molecule has 0 aliphatic carbocycles. The number of ether oxygens (including phenoxy) is 2. The average molecular weight is 478 g/mol.